The first-order chi connectivity index (χ1) is 12.3. The van der Waals surface area contributed by atoms with Crippen LogP contribution in [0.4, 0.5) is 4.79 Å². The molecule has 0 saturated carbocycles. The first-order valence-electron chi connectivity index (χ1n) is 8.74. The second-order valence-electron chi connectivity index (χ2n) is 6.58. The van der Waals surface area contributed by atoms with Crippen molar-refractivity contribution in [2.24, 2.45) is 0 Å². The van der Waals surface area contributed by atoms with Crippen LogP contribution in [0.3, 0.4) is 0 Å². The zero-order valence-corrected chi connectivity index (χ0v) is 14.1. The van der Waals surface area contributed by atoms with Crippen molar-refractivity contribution < 1.29 is 13.9 Å². The fourth-order valence-electron chi connectivity index (χ4n) is 3.63. The Bertz CT molecular complexity index is 689. The lowest BCUT2D eigenvalue weighted by atomic mass is 10.1. The number of amides is 2. The molecule has 6 nitrogen and oxygen atoms in total. The van der Waals surface area contributed by atoms with E-state index in [2.05, 4.69) is 34.5 Å². The molecule has 2 aromatic rings. The Morgan fingerprint density at radius 2 is 2.04 bits per heavy atom. The molecule has 2 saturated heterocycles. The highest BCUT2D eigenvalue weighted by atomic mass is 16.5. The summed E-state index contributed by atoms with van der Waals surface area (Å²) in [6.07, 6.45) is 1.70. The number of fused-ring (bicyclic) bond motifs is 1. The molecule has 0 unspecified atom stereocenters. The van der Waals surface area contributed by atoms with Crippen LogP contribution >= 0.6 is 0 Å². The van der Waals surface area contributed by atoms with Gasteiger partial charge in [0.25, 0.3) is 0 Å². The predicted molar refractivity (Wildman–Crippen MR) is 92.9 cm³/mol. The quantitative estimate of drug-likeness (QED) is 0.925. The Hall–Kier alpha value is -2.31. The van der Waals surface area contributed by atoms with Crippen LogP contribution in [0.25, 0.3) is 0 Å². The summed E-state index contributed by atoms with van der Waals surface area (Å²) in [5.74, 6) is 0.756. The molecule has 0 radical (unpaired) electrons. The zero-order valence-electron chi connectivity index (χ0n) is 14.1. The molecule has 1 aromatic carbocycles. The van der Waals surface area contributed by atoms with E-state index in [1.807, 2.05) is 23.1 Å². The fraction of sp³-hybridized carbons (Fsp3) is 0.421. The summed E-state index contributed by atoms with van der Waals surface area (Å²) in [6.45, 7) is 4.26. The molecular weight excluding hydrogens is 318 g/mol. The van der Waals surface area contributed by atoms with Crippen molar-refractivity contribution in [1.82, 2.24) is 15.1 Å². The summed E-state index contributed by atoms with van der Waals surface area (Å²) < 4.78 is 11.2. The third kappa shape index (κ3) is 3.70. The van der Waals surface area contributed by atoms with Gasteiger partial charge in [-0.2, -0.15) is 0 Å². The van der Waals surface area contributed by atoms with Gasteiger partial charge in [0.05, 0.1) is 38.1 Å². The summed E-state index contributed by atoms with van der Waals surface area (Å²) in [6, 6.07) is 14.3. The fourth-order valence-corrected chi connectivity index (χ4v) is 3.63. The maximum atomic E-state index is 12.4. The van der Waals surface area contributed by atoms with Crippen LogP contribution in [-0.4, -0.2) is 54.2 Å². The van der Waals surface area contributed by atoms with Crippen LogP contribution < -0.4 is 5.32 Å². The van der Waals surface area contributed by atoms with E-state index >= 15 is 0 Å². The van der Waals surface area contributed by atoms with E-state index in [9.17, 15) is 4.79 Å². The smallest absolute Gasteiger partial charge is 0.317 e. The minimum absolute atomic E-state index is 0.0611. The van der Waals surface area contributed by atoms with Crippen molar-refractivity contribution in [3.05, 3.63) is 60.1 Å². The van der Waals surface area contributed by atoms with Gasteiger partial charge in [-0.1, -0.05) is 30.3 Å². The normalized spacial score (nSPS) is 23.4. The van der Waals surface area contributed by atoms with Crippen molar-refractivity contribution in [3.8, 4) is 0 Å². The molecule has 0 spiro atoms. The predicted octanol–water partition coefficient (Wildman–Crippen LogP) is 2.07. The van der Waals surface area contributed by atoms with Crippen molar-refractivity contribution in [2.45, 2.75) is 25.2 Å². The molecule has 2 aliphatic rings. The Labute approximate surface area is 147 Å². The van der Waals surface area contributed by atoms with Gasteiger partial charge in [0.2, 0.25) is 0 Å². The summed E-state index contributed by atoms with van der Waals surface area (Å²) in [4.78, 5) is 16.7. The zero-order chi connectivity index (χ0) is 17.1. The molecule has 0 bridgehead atoms. The van der Waals surface area contributed by atoms with E-state index in [4.69, 9.17) is 9.15 Å². The number of rotatable bonds is 4. The standard InChI is InChI=1S/C19H23N3O3/c23-19(20-11-16-7-4-9-24-16)22-13-17-18(14-22)25-10-8-21(17)12-15-5-2-1-3-6-15/h1-7,9,17-18H,8,10-14H2,(H,20,23)/t17-,18-/m0/s1. The largest absolute Gasteiger partial charge is 0.467 e. The average Bonchev–Trinajstić information content (AvgIpc) is 3.30. The third-order valence-corrected chi connectivity index (χ3v) is 4.93. The van der Waals surface area contributed by atoms with Gasteiger partial charge in [-0.25, -0.2) is 4.79 Å². The summed E-state index contributed by atoms with van der Waals surface area (Å²) in [7, 11) is 0. The number of carbonyl (C=O) groups excluding carboxylic acids is 1. The molecule has 1 aromatic heterocycles. The van der Waals surface area contributed by atoms with Crippen LogP contribution in [0.1, 0.15) is 11.3 Å². The first-order valence-corrected chi connectivity index (χ1v) is 8.74. The van der Waals surface area contributed by atoms with E-state index in [-0.39, 0.29) is 18.2 Å². The Morgan fingerprint density at radius 3 is 2.84 bits per heavy atom. The van der Waals surface area contributed by atoms with E-state index < -0.39 is 0 Å². The monoisotopic (exact) mass is 341 g/mol. The number of hydrogen-bond acceptors (Lipinski definition) is 4. The third-order valence-electron chi connectivity index (χ3n) is 4.93. The number of urea groups is 1. The van der Waals surface area contributed by atoms with Crippen LogP contribution in [0.2, 0.25) is 0 Å². The molecule has 0 aliphatic carbocycles. The van der Waals surface area contributed by atoms with Crippen molar-refractivity contribution in [3.63, 3.8) is 0 Å². The van der Waals surface area contributed by atoms with Gasteiger partial charge in [0, 0.05) is 19.6 Å². The van der Waals surface area contributed by atoms with Gasteiger partial charge < -0.3 is 19.4 Å². The van der Waals surface area contributed by atoms with Gasteiger partial charge in [-0.15, -0.1) is 0 Å². The lowest BCUT2D eigenvalue weighted by Gasteiger charge is -2.36. The maximum absolute atomic E-state index is 12.4. The molecular formula is C19H23N3O3. The number of hydrogen-bond donors (Lipinski definition) is 1. The van der Waals surface area contributed by atoms with Crippen molar-refractivity contribution >= 4 is 6.03 Å². The van der Waals surface area contributed by atoms with Crippen molar-refractivity contribution in [2.75, 3.05) is 26.2 Å². The van der Waals surface area contributed by atoms with Crippen LogP contribution in [0.15, 0.2) is 53.1 Å². The highest BCUT2D eigenvalue weighted by molar-refractivity contribution is 5.74. The van der Waals surface area contributed by atoms with Gasteiger partial charge in [0.15, 0.2) is 0 Å². The van der Waals surface area contributed by atoms with Crippen LogP contribution in [-0.2, 0) is 17.8 Å². The Kier molecular flexibility index (Phi) is 4.72. The molecule has 2 amide bonds. The summed E-state index contributed by atoms with van der Waals surface area (Å²) in [5.41, 5.74) is 1.30. The van der Waals surface area contributed by atoms with E-state index in [0.717, 1.165) is 25.5 Å². The number of likely N-dealkylation sites (tertiary alicyclic amines) is 1. The minimum atomic E-state index is -0.0611. The SMILES string of the molecule is O=C(NCc1ccco1)N1C[C@@H]2OCCN(Cc3ccccc3)[C@H]2C1. The van der Waals surface area contributed by atoms with Gasteiger partial charge in [0.1, 0.15) is 5.76 Å². The minimum Gasteiger partial charge on any atom is -0.467 e. The highest BCUT2D eigenvalue weighted by Gasteiger charge is 2.41. The molecule has 3 heterocycles. The van der Waals surface area contributed by atoms with E-state index in [0.29, 0.717) is 19.6 Å². The molecule has 6 heteroatoms. The maximum Gasteiger partial charge on any atom is 0.317 e. The van der Waals surface area contributed by atoms with Gasteiger partial charge in [-0.3, -0.25) is 4.90 Å². The van der Waals surface area contributed by atoms with Crippen LogP contribution in [0, 0.1) is 0 Å². The second-order valence-corrected chi connectivity index (χ2v) is 6.58. The lowest BCUT2D eigenvalue weighted by molar-refractivity contribution is -0.0503. The Balaban J connectivity index is 1.36. The molecule has 4 rings (SSSR count). The molecule has 132 valence electrons. The average molecular weight is 341 g/mol. The van der Waals surface area contributed by atoms with E-state index in [1.54, 1.807) is 6.26 Å². The summed E-state index contributed by atoms with van der Waals surface area (Å²) in [5, 5.41) is 2.92. The number of morpholine rings is 1. The topological polar surface area (TPSA) is 58.0 Å². The molecule has 2 atom stereocenters. The highest BCUT2D eigenvalue weighted by Crippen LogP contribution is 2.24. The Morgan fingerprint density at radius 1 is 1.16 bits per heavy atom. The number of ether oxygens (including phenoxy) is 1. The number of benzene rings is 1. The number of carbonyl (C=O) groups is 1. The summed E-state index contributed by atoms with van der Waals surface area (Å²) >= 11 is 0. The molecule has 2 aliphatic heterocycles. The van der Waals surface area contributed by atoms with Crippen molar-refractivity contribution in [1.29, 1.82) is 0 Å². The number of nitrogens with one attached hydrogen (secondary N) is 1. The van der Waals surface area contributed by atoms with Crippen LogP contribution in [0.5, 0.6) is 0 Å². The molecule has 1 N–H and O–H groups in total. The first kappa shape index (κ1) is 16.2. The second kappa shape index (κ2) is 7.29. The van der Waals surface area contributed by atoms with Gasteiger partial charge in [-0.05, 0) is 17.7 Å². The number of nitrogens with zero attached hydrogens (tertiary/aromatic N) is 2. The van der Waals surface area contributed by atoms with E-state index in [1.165, 1.54) is 5.56 Å². The molecule has 25 heavy (non-hydrogen) atoms. The van der Waals surface area contributed by atoms with Gasteiger partial charge >= 0.3 is 6.03 Å². The number of furan rings is 1. The lowest BCUT2D eigenvalue weighted by Crippen LogP contribution is -2.50. The molecule has 2 fully saturated rings.